The molecule has 1 atom stereocenters. The van der Waals surface area contributed by atoms with Crippen molar-refractivity contribution in [3.63, 3.8) is 0 Å². The van der Waals surface area contributed by atoms with Gasteiger partial charge in [0.15, 0.2) is 0 Å². The molecule has 1 aliphatic heterocycles. The third kappa shape index (κ3) is 28.1. The van der Waals surface area contributed by atoms with E-state index in [0.29, 0.717) is 138 Å². The van der Waals surface area contributed by atoms with Gasteiger partial charge in [0.25, 0.3) is 0 Å². The fraction of sp³-hybridized carbons (Fsp3) is 0.861. The summed E-state index contributed by atoms with van der Waals surface area (Å²) in [6.07, 6.45) is 1.27. The van der Waals surface area contributed by atoms with Gasteiger partial charge < -0.3 is 54.7 Å². The van der Waals surface area contributed by atoms with Crippen LogP contribution in [0.2, 0.25) is 0 Å². The Labute approximate surface area is 326 Å². The maximum absolute atomic E-state index is 13.5. The van der Waals surface area contributed by atoms with Crippen LogP contribution in [0, 0.1) is 0 Å². The Kier molecular flexibility index (Phi) is 30.2. The van der Waals surface area contributed by atoms with Crippen LogP contribution in [0.1, 0.15) is 39.5 Å². The molecule has 3 amide bonds. The molecule has 0 radical (unpaired) electrons. The summed E-state index contributed by atoms with van der Waals surface area (Å²) >= 11 is 0. The van der Waals surface area contributed by atoms with Crippen molar-refractivity contribution in [1.82, 2.24) is 35.6 Å². The van der Waals surface area contributed by atoms with Crippen molar-refractivity contribution in [2.24, 2.45) is 0 Å². The first-order chi connectivity index (χ1) is 26.6. The maximum atomic E-state index is 13.5. The maximum Gasteiger partial charge on any atom is 0.317 e. The number of carbonyl (C=O) groups is 5. The van der Waals surface area contributed by atoms with Crippen LogP contribution in [0.25, 0.3) is 0 Å². The van der Waals surface area contributed by atoms with E-state index in [4.69, 9.17) is 23.7 Å². The number of hydrogen-bond acceptors (Lipinski definition) is 14. The Balaban J connectivity index is 2.84. The van der Waals surface area contributed by atoms with Gasteiger partial charge in [-0.05, 0) is 32.7 Å². The van der Waals surface area contributed by atoms with Gasteiger partial charge in [0.05, 0.1) is 59.3 Å². The largest absolute Gasteiger partial charge is 0.480 e. The summed E-state index contributed by atoms with van der Waals surface area (Å²) in [5.74, 6) is -2.99. The molecule has 0 unspecified atom stereocenters. The van der Waals surface area contributed by atoms with Crippen LogP contribution in [0.4, 0.5) is 0 Å². The lowest BCUT2D eigenvalue weighted by atomic mass is 10.1. The van der Waals surface area contributed by atoms with Crippen molar-refractivity contribution in [2.45, 2.75) is 45.6 Å². The summed E-state index contributed by atoms with van der Waals surface area (Å²) in [4.78, 5) is 70.2. The van der Waals surface area contributed by atoms with Crippen molar-refractivity contribution in [2.75, 3.05) is 158 Å². The fourth-order valence-corrected chi connectivity index (χ4v) is 5.57. The number of likely N-dealkylation sites (N-methyl/N-ethyl adjacent to an activating group) is 1. The highest BCUT2D eigenvalue weighted by Gasteiger charge is 2.24. The summed E-state index contributed by atoms with van der Waals surface area (Å²) in [6, 6.07) is -0.960. The average Bonchev–Trinajstić information content (AvgIpc) is 3.14. The Morgan fingerprint density at radius 1 is 0.582 bits per heavy atom. The second-order valence-corrected chi connectivity index (χ2v) is 13.1. The van der Waals surface area contributed by atoms with Gasteiger partial charge >= 0.3 is 11.9 Å². The van der Waals surface area contributed by atoms with Crippen LogP contribution >= 0.6 is 0 Å². The van der Waals surface area contributed by atoms with Crippen molar-refractivity contribution in [3.05, 3.63) is 0 Å². The first-order valence-electron chi connectivity index (χ1n) is 19.5. The van der Waals surface area contributed by atoms with Gasteiger partial charge in [-0.2, -0.15) is 0 Å². The lowest BCUT2D eigenvalue weighted by Gasteiger charge is -2.33. The number of hydrogen-bond donors (Lipinski definition) is 5. The lowest BCUT2D eigenvalue weighted by Crippen LogP contribution is -2.52. The van der Waals surface area contributed by atoms with Gasteiger partial charge in [0, 0.05) is 98.8 Å². The van der Waals surface area contributed by atoms with Crippen molar-refractivity contribution < 1.29 is 57.9 Å². The summed E-state index contributed by atoms with van der Waals surface area (Å²) in [7, 11) is 1.60. The number of methoxy groups -OCH3 is 1. The zero-order valence-corrected chi connectivity index (χ0v) is 33.4. The molecule has 1 aliphatic rings. The number of carboxylic acids is 2. The molecule has 0 spiro atoms. The van der Waals surface area contributed by atoms with Gasteiger partial charge in [-0.1, -0.05) is 6.92 Å². The zero-order chi connectivity index (χ0) is 40.5. The number of aliphatic carboxylic acids is 2. The molecule has 19 nitrogen and oxygen atoms in total. The zero-order valence-electron chi connectivity index (χ0n) is 33.4. The van der Waals surface area contributed by atoms with Crippen LogP contribution in [0.15, 0.2) is 0 Å². The first-order valence-corrected chi connectivity index (χ1v) is 19.5. The van der Waals surface area contributed by atoms with Crippen molar-refractivity contribution in [3.8, 4) is 0 Å². The molecule has 55 heavy (non-hydrogen) atoms. The number of rotatable bonds is 30. The topological polar surface area (TPSA) is 221 Å². The summed E-state index contributed by atoms with van der Waals surface area (Å²) in [5.41, 5.74) is 0. The second kappa shape index (κ2) is 33.2. The van der Waals surface area contributed by atoms with Crippen LogP contribution in [-0.2, 0) is 47.7 Å². The minimum Gasteiger partial charge on any atom is -0.480 e. The molecule has 1 rings (SSSR count). The van der Waals surface area contributed by atoms with Crippen LogP contribution < -0.4 is 16.0 Å². The molecule has 0 bridgehead atoms. The number of ether oxygens (including phenoxy) is 5. The molecule has 0 aromatic heterocycles. The first kappa shape index (κ1) is 50.0. The Hall–Kier alpha value is -3.01. The predicted molar refractivity (Wildman–Crippen MR) is 204 cm³/mol. The third-order valence-electron chi connectivity index (χ3n) is 8.71. The standard InChI is InChI=1S/C36H69N7O12/c1-4-40-12-14-41(16-17-43(30-35(48)49)19-18-42(15-13-40)29-34(46)47)28-33(45)39-31(8-9-32(44)37-10-6-20-53-25-24-52-5-2)36(50)38-11-7-21-54-26-27-55-23-22-51-3/h31H,4-30H2,1-3H3,(H,37,44)(H,38,50)(H,39,45)(H,46,47)(H,48,49)/t31-/m0/s1. The molecule has 1 fully saturated rings. The van der Waals surface area contributed by atoms with E-state index in [-0.39, 0.29) is 38.4 Å². The van der Waals surface area contributed by atoms with E-state index in [2.05, 4.69) is 20.9 Å². The molecule has 0 saturated carbocycles. The molecule has 0 aliphatic carbocycles. The molecular formula is C36H69N7O12. The van der Waals surface area contributed by atoms with E-state index in [9.17, 15) is 34.2 Å². The van der Waals surface area contributed by atoms with Gasteiger partial charge in [0.1, 0.15) is 6.04 Å². The Bertz CT molecular complexity index is 1060. The fourth-order valence-electron chi connectivity index (χ4n) is 5.57. The van der Waals surface area contributed by atoms with Gasteiger partial charge in [-0.15, -0.1) is 0 Å². The quantitative estimate of drug-likeness (QED) is 0.0518. The number of nitrogens with one attached hydrogen (secondary N) is 3. The number of carbonyl (C=O) groups excluding carboxylic acids is 3. The number of nitrogens with zero attached hydrogens (tertiary/aromatic N) is 4. The van der Waals surface area contributed by atoms with Gasteiger partial charge in [0.2, 0.25) is 17.7 Å². The summed E-state index contributed by atoms with van der Waals surface area (Å²) in [6.45, 7) is 13.0. The number of carboxylic acid groups (broad SMARTS) is 2. The van der Waals surface area contributed by atoms with E-state index >= 15 is 0 Å². The smallest absolute Gasteiger partial charge is 0.317 e. The summed E-state index contributed by atoms with van der Waals surface area (Å²) < 4.78 is 26.6. The molecule has 320 valence electrons. The highest BCUT2D eigenvalue weighted by atomic mass is 16.5. The summed E-state index contributed by atoms with van der Waals surface area (Å²) in [5, 5.41) is 27.4. The highest BCUT2D eigenvalue weighted by Crippen LogP contribution is 2.04. The van der Waals surface area contributed by atoms with Crippen molar-refractivity contribution >= 4 is 29.7 Å². The molecule has 1 heterocycles. The monoisotopic (exact) mass is 792 g/mol. The van der Waals surface area contributed by atoms with Crippen molar-refractivity contribution in [1.29, 1.82) is 0 Å². The molecule has 0 aromatic rings. The Morgan fingerprint density at radius 3 is 1.53 bits per heavy atom. The van der Waals surface area contributed by atoms with E-state index < -0.39 is 29.8 Å². The van der Waals surface area contributed by atoms with Crippen LogP contribution in [-0.4, -0.2) is 224 Å². The minimum atomic E-state index is -0.999. The normalized spacial score (nSPS) is 16.1. The molecule has 0 aromatic carbocycles. The minimum absolute atomic E-state index is 0.0218. The van der Waals surface area contributed by atoms with Gasteiger partial charge in [-0.25, -0.2) is 0 Å². The third-order valence-corrected chi connectivity index (χ3v) is 8.71. The second-order valence-electron chi connectivity index (χ2n) is 13.1. The van der Waals surface area contributed by atoms with Crippen LogP contribution in [0.5, 0.6) is 0 Å². The predicted octanol–water partition coefficient (Wildman–Crippen LogP) is -1.59. The van der Waals surface area contributed by atoms with Crippen LogP contribution in [0.3, 0.4) is 0 Å². The molecule has 1 saturated heterocycles. The van der Waals surface area contributed by atoms with Gasteiger partial charge in [-0.3, -0.25) is 38.7 Å². The average molecular weight is 792 g/mol. The van der Waals surface area contributed by atoms with E-state index in [0.717, 1.165) is 6.54 Å². The van der Waals surface area contributed by atoms with E-state index in [1.54, 1.807) is 12.0 Å². The molecule has 19 heteroatoms. The highest BCUT2D eigenvalue weighted by molar-refractivity contribution is 5.89. The molecule has 5 N–H and O–H groups in total. The Morgan fingerprint density at radius 2 is 1.04 bits per heavy atom. The number of amides is 3. The SMILES string of the molecule is CCOCCOCCCNC(=O)CC[C@H](NC(=O)CN1CCN(CC)CCN(CC(=O)O)CCN(CC(=O)O)CC1)C(=O)NCCCOCCOCCOC. The van der Waals surface area contributed by atoms with E-state index in [1.165, 1.54) is 0 Å². The lowest BCUT2D eigenvalue weighted by molar-refractivity contribution is -0.140. The van der Waals surface area contributed by atoms with E-state index in [1.807, 2.05) is 23.6 Å². The molecular weight excluding hydrogens is 722 g/mol.